The molecule has 0 spiro atoms. The van der Waals surface area contributed by atoms with Gasteiger partial charge in [-0.3, -0.25) is 0 Å². The first-order valence-corrected chi connectivity index (χ1v) is 7.85. The van der Waals surface area contributed by atoms with E-state index in [4.69, 9.17) is 0 Å². The summed E-state index contributed by atoms with van der Waals surface area (Å²) >= 11 is 0. The van der Waals surface area contributed by atoms with Crippen LogP contribution in [0.5, 0.6) is 0 Å². The van der Waals surface area contributed by atoms with Crippen LogP contribution in [0.3, 0.4) is 0 Å². The van der Waals surface area contributed by atoms with Gasteiger partial charge in [0.1, 0.15) is 0 Å². The van der Waals surface area contributed by atoms with Gasteiger partial charge in [0.2, 0.25) is 0 Å². The molecule has 2 unspecified atom stereocenters. The van der Waals surface area contributed by atoms with Crippen molar-refractivity contribution in [1.82, 2.24) is 0 Å². The zero-order valence-corrected chi connectivity index (χ0v) is 13.0. The number of aliphatic hydroxyl groups is 1. The highest BCUT2D eigenvalue weighted by molar-refractivity contribution is 4.78. The van der Waals surface area contributed by atoms with Crippen LogP contribution in [-0.4, -0.2) is 10.7 Å². The molecule has 0 heterocycles. The standard InChI is InChI=1S/C17H34O/c1-5-7-9-12-16(3)13-11-15-17(4,18)14-10-8-6-2/h5,7,16,18H,6,8-15H2,1-4H3/b7-5-. The van der Waals surface area contributed by atoms with Gasteiger partial charge in [-0.1, -0.05) is 58.1 Å². The fourth-order valence-electron chi connectivity index (χ4n) is 2.40. The molecular formula is C17H34O. The highest BCUT2D eigenvalue weighted by Gasteiger charge is 2.19. The molecule has 0 fully saturated rings. The smallest absolute Gasteiger partial charge is 0.0619 e. The van der Waals surface area contributed by atoms with Gasteiger partial charge in [0.25, 0.3) is 0 Å². The molecule has 0 rings (SSSR count). The molecular weight excluding hydrogens is 220 g/mol. The summed E-state index contributed by atoms with van der Waals surface area (Å²) in [7, 11) is 0. The van der Waals surface area contributed by atoms with E-state index in [2.05, 4.69) is 32.9 Å². The lowest BCUT2D eigenvalue weighted by molar-refractivity contribution is 0.0359. The molecule has 0 bridgehead atoms. The number of rotatable bonds is 11. The van der Waals surface area contributed by atoms with Gasteiger partial charge in [-0.25, -0.2) is 0 Å². The highest BCUT2D eigenvalue weighted by Crippen LogP contribution is 2.23. The molecule has 0 saturated heterocycles. The molecule has 108 valence electrons. The Morgan fingerprint density at radius 2 is 1.78 bits per heavy atom. The van der Waals surface area contributed by atoms with Crippen molar-refractivity contribution in [2.75, 3.05) is 0 Å². The lowest BCUT2D eigenvalue weighted by Crippen LogP contribution is -2.23. The van der Waals surface area contributed by atoms with Gasteiger partial charge < -0.3 is 5.11 Å². The van der Waals surface area contributed by atoms with Gasteiger partial charge in [-0.15, -0.1) is 0 Å². The highest BCUT2D eigenvalue weighted by atomic mass is 16.3. The predicted molar refractivity (Wildman–Crippen MR) is 81.8 cm³/mol. The molecule has 1 heteroatoms. The van der Waals surface area contributed by atoms with Crippen molar-refractivity contribution < 1.29 is 5.11 Å². The van der Waals surface area contributed by atoms with Gasteiger partial charge in [0.15, 0.2) is 0 Å². The summed E-state index contributed by atoms with van der Waals surface area (Å²) in [4.78, 5) is 0. The number of allylic oxidation sites excluding steroid dienone is 2. The van der Waals surface area contributed by atoms with Crippen molar-refractivity contribution in [3.05, 3.63) is 12.2 Å². The molecule has 0 aliphatic carbocycles. The minimum Gasteiger partial charge on any atom is -0.390 e. The van der Waals surface area contributed by atoms with E-state index >= 15 is 0 Å². The van der Waals surface area contributed by atoms with E-state index in [1.54, 1.807) is 0 Å². The molecule has 2 atom stereocenters. The summed E-state index contributed by atoms with van der Waals surface area (Å²) in [5.41, 5.74) is -0.432. The average molecular weight is 254 g/mol. The fraction of sp³-hybridized carbons (Fsp3) is 0.882. The molecule has 18 heavy (non-hydrogen) atoms. The maximum absolute atomic E-state index is 10.3. The normalized spacial score (nSPS) is 16.9. The molecule has 0 radical (unpaired) electrons. The van der Waals surface area contributed by atoms with Crippen LogP contribution in [-0.2, 0) is 0 Å². The molecule has 0 aromatic carbocycles. The largest absolute Gasteiger partial charge is 0.390 e. The SMILES string of the molecule is C/C=C\CCC(C)CCCC(C)(O)CCCCC. The van der Waals surface area contributed by atoms with Crippen LogP contribution in [0.1, 0.15) is 85.5 Å². The van der Waals surface area contributed by atoms with Crippen molar-refractivity contribution in [2.24, 2.45) is 5.92 Å². The van der Waals surface area contributed by atoms with Gasteiger partial charge in [0.05, 0.1) is 5.60 Å². The number of hydrogen-bond acceptors (Lipinski definition) is 1. The van der Waals surface area contributed by atoms with E-state index in [1.807, 2.05) is 6.92 Å². The Bertz CT molecular complexity index is 206. The second-order valence-electron chi connectivity index (χ2n) is 6.10. The third-order valence-corrected chi connectivity index (χ3v) is 3.79. The van der Waals surface area contributed by atoms with E-state index in [9.17, 15) is 5.11 Å². The van der Waals surface area contributed by atoms with Crippen molar-refractivity contribution in [1.29, 1.82) is 0 Å². The molecule has 0 aliphatic heterocycles. The zero-order valence-electron chi connectivity index (χ0n) is 13.0. The van der Waals surface area contributed by atoms with Crippen molar-refractivity contribution >= 4 is 0 Å². The van der Waals surface area contributed by atoms with E-state index in [0.29, 0.717) is 0 Å². The van der Waals surface area contributed by atoms with Crippen molar-refractivity contribution in [3.8, 4) is 0 Å². The molecule has 0 saturated carbocycles. The van der Waals surface area contributed by atoms with Crippen molar-refractivity contribution in [3.63, 3.8) is 0 Å². The zero-order chi connectivity index (χ0) is 13.9. The second kappa shape index (κ2) is 10.6. The van der Waals surface area contributed by atoms with Crippen LogP contribution in [0.15, 0.2) is 12.2 Å². The van der Waals surface area contributed by atoms with Crippen LogP contribution >= 0.6 is 0 Å². The van der Waals surface area contributed by atoms with Crippen LogP contribution in [0.25, 0.3) is 0 Å². The van der Waals surface area contributed by atoms with Gasteiger partial charge >= 0.3 is 0 Å². The van der Waals surface area contributed by atoms with Crippen LogP contribution in [0.2, 0.25) is 0 Å². The number of unbranched alkanes of at least 4 members (excludes halogenated alkanes) is 2. The minimum absolute atomic E-state index is 0.432. The van der Waals surface area contributed by atoms with Crippen LogP contribution in [0, 0.1) is 5.92 Å². The molecule has 0 aliphatic rings. The first-order chi connectivity index (χ1) is 8.52. The Balaban J connectivity index is 3.61. The Hall–Kier alpha value is -0.300. The monoisotopic (exact) mass is 254 g/mol. The lowest BCUT2D eigenvalue weighted by atomic mass is 9.90. The van der Waals surface area contributed by atoms with E-state index in [1.165, 1.54) is 38.5 Å². The molecule has 0 aromatic rings. The number of hydrogen-bond donors (Lipinski definition) is 1. The molecule has 1 N–H and O–H groups in total. The average Bonchev–Trinajstić information content (AvgIpc) is 2.29. The Morgan fingerprint density at radius 3 is 2.39 bits per heavy atom. The summed E-state index contributed by atoms with van der Waals surface area (Å²) in [6.45, 7) is 8.63. The lowest BCUT2D eigenvalue weighted by Gasteiger charge is -2.24. The summed E-state index contributed by atoms with van der Waals surface area (Å²) in [6, 6.07) is 0. The Labute approximate surface area is 115 Å². The van der Waals surface area contributed by atoms with Crippen LogP contribution < -0.4 is 0 Å². The summed E-state index contributed by atoms with van der Waals surface area (Å²) in [6.07, 6.45) is 14.8. The molecule has 0 aromatic heterocycles. The topological polar surface area (TPSA) is 20.2 Å². The Morgan fingerprint density at radius 1 is 1.11 bits per heavy atom. The summed E-state index contributed by atoms with van der Waals surface area (Å²) in [5, 5.41) is 10.3. The third-order valence-electron chi connectivity index (χ3n) is 3.79. The first kappa shape index (κ1) is 17.7. The summed E-state index contributed by atoms with van der Waals surface area (Å²) < 4.78 is 0. The molecule has 0 amide bonds. The van der Waals surface area contributed by atoms with Gasteiger partial charge in [-0.05, 0) is 45.4 Å². The minimum atomic E-state index is -0.432. The van der Waals surface area contributed by atoms with Crippen molar-refractivity contribution in [2.45, 2.75) is 91.1 Å². The predicted octanol–water partition coefficient (Wildman–Crippen LogP) is 5.48. The first-order valence-electron chi connectivity index (χ1n) is 7.85. The quantitative estimate of drug-likeness (QED) is 0.382. The van der Waals surface area contributed by atoms with E-state index in [-0.39, 0.29) is 0 Å². The van der Waals surface area contributed by atoms with E-state index in [0.717, 1.165) is 25.2 Å². The maximum Gasteiger partial charge on any atom is 0.0619 e. The van der Waals surface area contributed by atoms with Gasteiger partial charge in [-0.2, -0.15) is 0 Å². The molecule has 1 nitrogen and oxygen atoms in total. The van der Waals surface area contributed by atoms with Crippen LogP contribution in [0.4, 0.5) is 0 Å². The third kappa shape index (κ3) is 10.8. The second-order valence-corrected chi connectivity index (χ2v) is 6.10. The van der Waals surface area contributed by atoms with Gasteiger partial charge in [0, 0.05) is 0 Å². The summed E-state index contributed by atoms with van der Waals surface area (Å²) in [5.74, 6) is 0.785. The fourth-order valence-corrected chi connectivity index (χ4v) is 2.40. The maximum atomic E-state index is 10.3. The Kier molecular flexibility index (Phi) is 10.4. The van der Waals surface area contributed by atoms with E-state index < -0.39 is 5.60 Å².